The summed E-state index contributed by atoms with van der Waals surface area (Å²) in [6.45, 7) is 4.25. The van der Waals surface area contributed by atoms with Gasteiger partial charge in [-0.2, -0.15) is 0 Å². The van der Waals surface area contributed by atoms with Gasteiger partial charge in [0.2, 0.25) is 0 Å². The lowest BCUT2D eigenvalue weighted by atomic mass is 10.1. The molecule has 2 heterocycles. The molecule has 3 rings (SSSR count). The highest BCUT2D eigenvalue weighted by Crippen LogP contribution is 2.32. The summed E-state index contributed by atoms with van der Waals surface area (Å²) in [6, 6.07) is 5.01. The summed E-state index contributed by atoms with van der Waals surface area (Å²) >= 11 is 1.58. The lowest BCUT2D eigenvalue weighted by Gasteiger charge is -2.13. The van der Waals surface area contributed by atoms with Crippen LogP contribution in [0.25, 0.3) is 0 Å². The van der Waals surface area contributed by atoms with Crippen molar-refractivity contribution in [2.24, 2.45) is 0 Å². The van der Waals surface area contributed by atoms with E-state index in [-0.39, 0.29) is 5.82 Å². The number of aryl methyl sites for hydroxylation is 2. The summed E-state index contributed by atoms with van der Waals surface area (Å²) in [6.07, 6.45) is 4.17. The van der Waals surface area contributed by atoms with Crippen molar-refractivity contribution >= 4 is 11.3 Å². The third kappa shape index (κ3) is 3.59. The predicted molar refractivity (Wildman–Crippen MR) is 92.5 cm³/mol. The second-order valence-electron chi connectivity index (χ2n) is 5.52. The highest BCUT2D eigenvalue weighted by molar-refractivity contribution is 7.11. The largest absolute Gasteiger partial charge is 0.493 e. The molecule has 2 aromatic heterocycles. The highest BCUT2D eigenvalue weighted by atomic mass is 32.1. The van der Waals surface area contributed by atoms with Crippen LogP contribution < -0.4 is 9.47 Å². The average molecular weight is 346 g/mol. The molecule has 0 radical (unpaired) electrons. The molecule has 0 unspecified atom stereocenters. The van der Waals surface area contributed by atoms with Crippen LogP contribution in [0.3, 0.4) is 0 Å². The Bertz CT molecular complexity index is 828. The minimum Gasteiger partial charge on any atom is -0.493 e. The first-order valence-corrected chi connectivity index (χ1v) is 8.42. The van der Waals surface area contributed by atoms with Gasteiger partial charge >= 0.3 is 0 Å². The Labute approximate surface area is 144 Å². The molecule has 0 amide bonds. The second kappa shape index (κ2) is 7.05. The van der Waals surface area contributed by atoms with Crippen LogP contribution in [-0.2, 0) is 13.0 Å². The van der Waals surface area contributed by atoms with Crippen LogP contribution in [0.2, 0.25) is 0 Å². The van der Waals surface area contributed by atoms with Gasteiger partial charge in [0.1, 0.15) is 12.4 Å². The van der Waals surface area contributed by atoms with Crippen molar-refractivity contribution in [2.75, 3.05) is 7.11 Å². The highest BCUT2D eigenvalue weighted by Gasteiger charge is 2.14. The number of H-pyrrole nitrogens is 1. The molecule has 24 heavy (non-hydrogen) atoms. The van der Waals surface area contributed by atoms with Crippen molar-refractivity contribution in [2.45, 2.75) is 26.9 Å². The fraction of sp³-hybridized carbons (Fsp3) is 0.278. The molecule has 0 spiro atoms. The molecule has 1 aromatic carbocycles. The van der Waals surface area contributed by atoms with E-state index in [2.05, 4.69) is 9.97 Å². The van der Waals surface area contributed by atoms with E-state index in [0.29, 0.717) is 30.1 Å². The normalized spacial score (nSPS) is 10.8. The Morgan fingerprint density at radius 2 is 2.08 bits per heavy atom. The number of aromatic amines is 1. The van der Waals surface area contributed by atoms with Crippen LogP contribution in [0, 0.1) is 19.7 Å². The van der Waals surface area contributed by atoms with E-state index in [1.165, 1.54) is 6.07 Å². The fourth-order valence-corrected chi connectivity index (χ4v) is 3.37. The number of rotatable bonds is 6. The van der Waals surface area contributed by atoms with Crippen LogP contribution in [0.1, 0.15) is 26.7 Å². The van der Waals surface area contributed by atoms with Gasteiger partial charge in [-0.25, -0.2) is 9.37 Å². The molecular formula is C18H19FN2O2S. The number of thiazole rings is 1. The van der Waals surface area contributed by atoms with Crippen LogP contribution in [-0.4, -0.2) is 17.1 Å². The number of hydrogen-bond donors (Lipinski definition) is 1. The number of ether oxygens (including phenoxy) is 2. The van der Waals surface area contributed by atoms with Crippen molar-refractivity contribution < 1.29 is 13.9 Å². The molecule has 3 aromatic rings. The molecule has 126 valence electrons. The zero-order valence-corrected chi connectivity index (χ0v) is 14.7. The standard InChI is InChI=1S/C18H19FN2O2S/c1-11-18(24-12(2)21-11)10-23-17-8-15(19)14(7-16(17)22-3)6-13-4-5-20-9-13/h4-5,7-9,20H,6,10H2,1-3H3. The van der Waals surface area contributed by atoms with Gasteiger partial charge in [0.25, 0.3) is 0 Å². The summed E-state index contributed by atoms with van der Waals surface area (Å²) in [5, 5.41) is 0.992. The third-order valence-corrected chi connectivity index (χ3v) is 4.79. The number of aromatic nitrogens is 2. The van der Waals surface area contributed by atoms with Crippen molar-refractivity contribution in [3.63, 3.8) is 0 Å². The predicted octanol–water partition coefficient (Wildman–Crippen LogP) is 4.41. The molecule has 0 saturated carbocycles. The van der Waals surface area contributed by atoms with E-state index in [1.54, 1.807) is 24.5 Å². The summed E-state index contributed by atoms with van der Waals surface area (Å²) in [5.41, 5.74) is 2.53. The van der Waals surface area contributed by atoms with E-state index in [0.717, 1.165) is 21.1 Å². The first kappa shape index (κ1) is 16.5. The Kier molecular flexibility index (Phi) is 4.85. The van der Waals surface area contributed by atoms with Gasteiger partial charge in [-0.05, 0) is 37.1 Å². The Balaban J connectivity index is 1.80. The third-order valence-electron chi connectivity index (χ3n) is 3.75. The number of nitrogens with zero attached hydrogens (tertiary/aromatic N) is 1. The van der Waals surface area contributed by atoms with Crippen molar-refractivity contribution in [3.8, 4) is 11.5 Å². The Hall–Kier alpha value is -2.34. The molecule has 0 bridgehead atoms. The molecule has 6 heteroatoms. The molecule has 4 nitrogen and oxygen atoms in total. The molecule has 1 N–H and O–H groups in total. The number of halogens is 1. The minimum absolute atomic E-state index is 0.302. The Morgan fingerprint density at radius 3 is 2.71 bits per heavy atom. The quantitative estimate of drug-likeness (QED) is 0.719. The van der Waals surface area contributed by atoms with Crippen molar-refractivity contribution in [1.29, 1.82) is 0 Å². The molecule has 0 aliphatic carbocycles. The van der Waals surface area contributed by atoms with Gasteiger partial charge in [0.05, 0.1) is 22.7 Å². The summed E-state index contributed by atoms with van der Waals surface area (Å²) in [7, 11) is 1.56. The number of benzene rings is 1. The SMILES string of the molecule is COc1cc(Cc2cc[nH]c2)c(F)cc1OCc1sc(C)nc1C. The number of hydrogen-bond acceptors (Lipinski definition) is 4. The van der Waals surface area contributed by atoms with Gasteiger partial charge < -0.3 is 14.5 Å². The van der Waals surface area contributed by atoms with Crippen molar-refractivity contribution in [1.82, 2.24) is 9.97 Å². The second-order valence-corrected chi connectivity index (χ2v) is 6.81. The van der Waals surface area contributed by atoms with E-state index in [4.69, 9.17) is 9.47 Å². The summed E-state index contributed by atoms with van der Waals surface area (Å²) in [4.78, 5) is 8.38. The van der Waals surface area contributed by atoms with Crippen LogP contribution >= 0.6 is 11.3 Å². The van der Waals surface area contributed by atoms with Gasteiger partial charge in [0.15, 0.2) is 11.5 Å². The van der Waals surface area contributed by atoms with E-state index >= 15 is 0 Å². The molecule has 0 fully saturated rings. The monoisotopic (exact) mass is 346 g/mol. The maximum atomic E-state index is 14.4. The number of methoxy groups -OCH3 is 1. The molecule has 0 aliphatic rings. The molecule has 0 saturated heterocycles. The van der Waals surface area contributed by atoms with E-state index in [1.807, 2.05) is 32.3 Å². The van der Waals surface area contributed by atoms with Gasteiger partial charge in [-0.3, -0.25) is 0 Å². The zero-order valence-electron chi connectivity index (χ0n) is 13.9. The Morgan fingerprint density at radius 1 is 1.25 bits per heavy atom. The maximum absolute atomic E-state index is 14.4. The maximum Gasteiger partial charge on any atom is 0.164 e. The summed E-state index contributed by atoms with van der Waals surface area (Å²) in [5.74, 6) is 0.628. The topological polar surface area (TPSA) is 47.1 Å². The molecule has 0 atom stereocenters. The minimum atomic E-state index is -0.302. The van der Waals surface area contributed by atoms with Crippen LogP contribution in [0.15, 0.2) is 30.6 Å². The first-order chi connectivity index (χ1) is 11.6. The smallest absolute Gasteiger partial charge is 0.164 e. The average Bonchev–Trinajstić information content (AvgIpc) is 3.16. The van der Waals surface area contributed by atoms with Gasteiger partial charge in [0, 0.05) is 24.9 Å². The zero-order chi connectivity index (χ0) is 17.1. The lowest BCUT2D eigenvalue weighted by molar-refractivity contribution is 0.284. The van der Waals surface area contributed by atoms with Crippen LogP contribution in [0.4, 0.5) is 4.39 Å². The molecular weight excluding hydrogens is 327 g/mol. The van der Waals surface area contributed by atoms with E-state index in [9.17, 15) is 4.39 Å². The fourth-order valence-electron chi connectivity index (χ4n) is 2.52. The lowest BCUT2D eigenvalue weighted by Crippen LogP contribution is -2.01. The molecule has 0 aliphatic heterocycles. The van der Waals surface area contributed by atoms with Gasteiger partial charge in [-0.1, -0.05) is 0 Å². The van der Waals surface area contributed by atoms with Gasteiger partial charge in [-0.15, -0.1) is 11.3 Å². The first-order valence-electron chi connectivity index (χ1n) is 7.60. The van der Waals surface area contributed by atoms with Crippen molar-refractivity contribution in [3.05, 3.63) is 63.1 Å². The van der Waals surface area contributed by atoms with Crippen LogP contribution in [0.5, 0.6) is 11.5 Å². The number of nitrogens with one attached hydrogen (secondary N) is 1. The summed E-state index contributed by atoms with van der Waals surface area (Å²) < 4.78 is 25.6. The van der Waals surface area contributed by atoms with E-state index < -0.39 is 0 Å².